The highest BCUT2D eigenvalue weighted by Gasteiger charge is 2.32. The van der Waals surface area contributed by atoms with Crippen LogP contribution in [0, 0.1) is 18.8 Å². The van der Waals surface area contributed by atoms with Gasteiger partial charge >= 0.3 is 0 Å². The summed E-state index contributed by atoms with van der Waals surface area (Å²) in [7, 11) is -3.51. The van der Waals surface area contributed by atoms with Gasteiger partial charge in [0.05, 0.1) is 10.9 Å². The predicted octanol–water partition coefficient (Wildman–Crippen LogP) is 4.30. The number of sulfonamides is 1. The van der Waals surface area contributed by atoms with Crippen molar-refractivity contribution in [2.75, 3.05) is 13.1 Å². The summed E-state index contributed by atoms with van der Waals surface area (Å²) in [6.07, 6.45) is 1.95. The van der Waals surface area contributed by atoms with E-state index in [0.29, 0.717) is 36.7 Å². The molecule has 6 heteroatoms. The minimum atomic E-state index is -3.51. The Bertz CT molecular complexity index is 932. The number of amides is 1. The molecule has 5 nitrogen and oxygen atoms in total. The van der Waals surface area contributed by atoms with Crippen molar-refractivity contribution in [2.24, 2.45) is 11.8 Å². The fourth-order valence-electron chi connectivity index (χ4n) is 3.94. The fraction of sp³-hybridized carbons (Fsp3) is 0.458. The Labute approximate surface area is 180 Å². The van der Waals surface area contributed by atoms with Crippen molar-refractivity contribution < 1.29 is 13.2 Å². The van der Waals surface area contributed by atoms with Gasteiger partial charge in [-0.1, -0.05) is 61.9 Å². The monoisotopic (exact) mass is 428 g/mol. The van der Waals surface area contributed by atoms with E-state index >= 15 is 0 Å². The van der Waals surface area contributed by atoms with Crippen molar-refractivity contribution in [3.63, 3.8) is 0 Å². The number of aryl methyl sites for hydroxylation is 1. The Balaban J connectivity index is 1.62. The van der Waals surface area contributed by atoms with Crippen LogP contribution in [0.3, 0.4) is 0 Å². The minimum absolute atomic E-state index is 0.0204. The van der Waals surface area contributed by atoms with E-state index in [4.69, 9.17) is 0 Å². The number of carbonyl (C=O) groups excluding carboxylic acids is 1. The standard InChI is InChI=1S/C24H32N2O3S/c1-18(2)17-23(20-7-5-4-6-8-20)25-24(27)21-13-15-26(16-14-21)30(28,29)22-11-9-19(3)10-12-22/h4-12,18,21,23H,13-17H2,1-3H3,(H,25,27)/t23-/m0/s1. The number of nitrogens with one attached hydrogen (secondary N) is 1. The first-order valence-corrected chi connectivity index (χ1v) is 12.1. The SMILES string of the molecule is Cc1ccc(S(=O)(=O)N2CCC(C(=O)N[C@@H](CC(C)C)c3ccccc3)CC2)cc1. The summed E-state index contributed by atoms with van der Waals surface area (Å²) in [4.78, 5) is 13.3. The van der Waals surface area contributed by atoms with Crippen LogP contribution in [-0.4, -0.2) is 31.7 Å². The molecule has 0 bridgehead atoms. The van der Waals surface area contributed by atoms with Crippen LogP contribution in [0.1, 0.15) is 50.3 Å². The smallest absolute Gasteiger partial charge is 0.243 e. The van der Waals surface area contributed by atoms with Crippen molar-refractivity contribution >= 4 is 15.9 Å². The van der Waals surface area contributed by atoms with E-state index in [1.165, 1.54) is 4.31 Å². The summed E-state index contributed by atoms with van der Waals surface area (Å²) >= 11 is 0. The summed E-state index contributed by atoms with van der Waals surface area (Å²) in [5.74, 6) is 0.321. The molecule has 2 aromatic carbocycles. The fourth-order valence-corrected chi connectivity index (χ4v) is 5.41. The number of benzene rings is 2. The zero-order chi connectivity index (χ0) is 21.7. The van der Waals surface area contributed by atoms with E-state index in [1.807, 2.05) is 49.4 Å². The van der Waals surface area contributed by atoms with Crippen LogP contribution >= 0.6 is 0 Å². The van der Waals surface area contributed by atoms with Gasteiger partial charge < -0.3 is 5.32 Å². The Hall–Kier alpha value is -2.18. The van der Waals surface area contributed by atoms with E-state index in [-0.39, 0.29) is 17.9 Å². The molecule has 1 atom stereocenters. The van der Waals surface area contributed by atoms with Crippen LogP contribution in [0.5, 0.6) is 0 Å². The second-order valence-electron chi connectivity index (χ2n) is 8.59. The lowest BCUT2D eigenvalue weighted by molar-refractivity contribution is -0.127. The molecule has 1 fully saturated rings. The summed E-state index contributed by atoms with van der Waals surface area (Å²) in [5.41, 5.74) is 2.14. The zero-order valence-corrected chi connectivity index (χ0v) is 18.9. The highest BCUT2D eigenvalue weighted by Crippen LogP contribution is 2.26. The van der Waals surface area contributed by atoms with E-state index < -0.39 is 10.0 Å². The van der Waals surface area contributed by atoms with Gasteiger partial charge in [-0.05, 0) is 49.8 Å². The lowest BCUT2D eigenvalue weighted by atomic mass is 9.93. The first-order chi connectivity index (χ1) is 14.3. The van der Waals surface area contributed by atoms with Gasteiger partial charge in [0.2, 0.25) is 15.9 Å². The van der Waals surface area contributed by atoms with E-state index in [9.17, 15) is 13.2 Å². The molecule has 1 heterocycles. The summed E-state index contributed by atoms with van der Waals surface area (Å²) in [6, 6.07) is 17.0. The molecule has 1 amide bonds. The van der Waals surface area contributed by atoms with Crippen molar-refractivity contribution in [3.8, 4) is 0 Å². The van der Waals surface area contributed by atoms with Crippen LogP contribution in [0.4, 0.5) is 0 Å². The second-order valence-corrected chi connectivity index (χ2v) is 10.5. The molecular formula is C24H32N2O3S. The first-order valence-electron chi connectivity index (χ1n) is 10.7. The topological polar surface area (TPSA) is 66.5 Å². The maximum atomic E-state index is 12.9. The first kappa shape index (κ1) is 22.5. The highest BCUT2D eigenvalue weighted by atomic mass is 32.2. The van der Waals surface area contributed by atoms with Gasteiger partial charge in [0.25, 0.3) is 0 Å². The lowest BCUT2D eigenvalue weighted by Crippen LogP contribution is -2.43. The molecule has 30 heavy (non-hydrogen) atoms. The predicted molar refractivity (Wildman–Crippen MR) is 119 cm³/mol. The summed E-state index contributed by atoms with van der Waals surface area (Å²) in [6.45, 7) is 6.97. The molecule has 0 unspecified atom stereocenters. The van der Waals surface area contributed by atoms with Gasteiger partial charge in [-0.3, -0.25) is 4.79 Å². The molecular weight excluding hydrogens is 396 g/mol. The average Bonchev–Trinajstić information content (AvgIpc) is 2.74. The third kappa shape index (κ3) is 5.49. The van der Waals surface area contributed by atoms with Gasteiger partial charge in [0, 0.05) is 19.0 Å². The number of hydrogen-bond donors (Lipinski definition) is 1. The molecule has 1 aliphatic rings. The summed E-state index contributed by atoms with van der Waals surface area (Å²) in [5, 5.41) is 3.22. The van der Waals surface area contributed by atoms with E-state index in [1.54, 1.807) is 12.1 Å². The molecule has 0 spiro atoms. The number of piperidine rings is 1. The number of carbonyl (C=O) groups is 1. The molecule has 1 N–H and O–H groups in total. The molecule has 0 aromatic heterocycles. The van der Waals surface area contributed by atoms with Crippen LogP contribution in [0.25, 0.3) is 0 Å². The molecule has 1 saturated heterocycles. The van der Waals surface area contributed by atoms with Gasteiger partial charge in [0.15, 0.2) is 0 Å². The van der Waals surface area contributed by atoms with Gasteiger partial charge in [-0.15, -0.1) is 0 Å². The number of hydrogen-bond acceptors (Lipinski definition) is 3. The maximum Gasteiger partial charge on any atom is 0.243 e. The summed E-state index contributed by atoms with van der Waals surface area (Å²) < 4.78 is 27.3. The number of nitrogens with zero attached hydrogens (tertiary/aromatic N) is 1. The quantitative estimate of drug-likeness (QED) is 0.715. The normalized spacial score (nSPS) is 17.1. The van der Waals surface area contributed by atoms with Crippen LogP contribution < -0.4 is 5.32 Å². The van der Waals surface area contributed by atoms with Crippen LogP contribution in [0.2, 0.25) is 0 Å². The Kier molecular flexibility index (Phi) is 7.32. The van der Waals surface area contributed by atoms with Gasteiger partial charge in [-0.25, -0.2) is 8.42 Å². The Morgan fingerprint density at radius 3 is 2.20 bits per heavy atom. The maximum absolute atomic E-state index is 12.9. The minimum Gasteiger partial charge on any atom is -0.349 e. The largest absolute Gasteiger partial charge is 0.349 e. The second kappa shape index (κ2) is 9.75. The van der Waals surface area contributed by atoms with Crippen LogP contribution in [0.15, 0.2) is 59.5 Å². The third-order valence-electron chi connectivity index (χ3n) is 5.71. The number of rotatable bonds is 7. The van der Waals surface area contributed by atoms with Crippen molar-refractivity contribution in [1.29, 1.82) is 0 Å². The Morgan fingerprint density at radius 1 is 1.03 bits per heavy atom. The molecule has 2 aromatic rings. The molecule has 0 radical (unpaired) electrons. The lowest BCUT2D eigenvalue weighted by Gasteiger charge is -2.32. The average molecular weight is 429 g/mol. The molecule has 0 aliphatic carbocycles. The van der Waals surface area contributed by atoms with Gasteiger partial charge in [-0.2, -0.15) is 4.31 Å². The molecule has 162 valence electrons. The van der Waals surface area contributed by atoms with Gasteiger partial charge in [0.1, 0.15) is 0 Å². The van der Waals surface area contributed by atoms with Crippen molar-refractivity contribution in [1.82, 2.24) is 9.62 Å². The van der Waals surface area contributed by atoms with E-state index in [2.05, 4.69) is 19.2 Å². The van der Waals surface area contributed by atoms with Crippen molar-refractivity contribution in [2.45, 2.75) is 51.0 Å². The third-order valence-corrected chi connectivity index (χ3v) is 7.62. The molecule has 3 rings (SSSR count). The Morgan fingerprint density at radius 2 is 1.63 bits per heavy atom. The molecule has 1 aliphatic heterocycles. The highest BCUT2D eigenvalue weighted by molar-refractivity contribution is 7.89. The van der Waals surface area contributed by atoms with Crippen LogP contribution in [-0.2, 0) is 14.8 Å². The van der Waals surface area contributed by atoms with E-state index in [0.717, 1.165) is 17.5 Å². The molecule has 0 saturated carbocycles. The van der Waals surface area contributed by atoms with Crippen molar-refractivity contribution in [3.05, 3.63) is 65.7 Å². The zero-order valence-electron chi connectivity index (χ0n) is 18.0.